The van der Waals surface area contributed by atoms with Gasteiger partial charge in [0, 0.05) is 31.7 Å². The summed E-state index contributed by atoms with van der Waals surface area (Å²) in [4.78, 5) is 34.8. The van der Waals surface area contributed by atoms with Gasteiger partial charge < -0.3 is 19.3 Å². The average molecular weight is 513 g/mol. The maximum atomic E-state index is 13.4. The van der Waals surface area contributed by atoms with Crippen LogP contribution in [-0.4, -0.2) is 81.1 Å². The SMILES string of the molecule is CSCCC(NC(=O)c1ccccc1)C(=O)N1CCCN(Cc2noc(-c3c(C)noc3C)n2)CC1. The molecule has 1 N–H and O–H groups in total. The first-order valence-electron chi connectivity index (χ1n) is 12.1. The summed E-state index contributed by atoms with van der Waals surface area (Å²) in [7, 11) is 0. The number of nitrogens with one attached hydrogen (secondary N) is 1. The Morgan fingerprint density at radius 1 is 1.08 bits per heavy atom. The van der Waals surface area contributed by atoms with Crippen LogP contribution in [0.3, 0.4) is 0 Å². The molecule has 11 heteroatoms. The van der Waals surface area contributed by atoms with Gasteiger partial charge >= 0.3 is 0 Å². The summed E-state index contributed by atoms with van der Waals surface area (Å²) >= 11 is 1.66. The van der Waals surface area contributed by atoms with Gasteiger partial charge in [-0.25, -0.2) is 0 Å². The zero-order valence-corrected chi connectivity index (χ0v) is 21.7. The van der Waals surface area contributed by atoms with E-state index in [1.165, 1.54) is 0 Å². The second-order valence-electron chi connectivity index (χ2n) is 8.84. The van der Waals surface area contributed by atoms with E-state index in [1.54, 1.807) is 23.9 Å². The van der Waals surface area contributed by atoms with Gasteiger partial charge in [-0.15, -0.1) is 0 Å². The third kappa shape index (κ3) is 6.33. The van der Waals surface area contributed by atoms with Crippen LogP contribution in [0.2, 0.25) is 0 Å². The Hall–Kier alpha value is -3.18. The third-order valence-electron chi connectivity index (χ3n) is 6.23. The Labute approximate surface area is 214 Å². The number of nitrogens with zero attached hydrogens (tertiary/aromatic N) is 5. The highest BCUT2D eigenvalue weighted by molar-refractivity contribution is 7.98. The zero-order chi connectivity index (χ0) is 25.5. The van der Waals surface area contributed by atoms with Crippen LogP contribution in [0.25, 0.3) is 11.5 Å². The fourth-order valence-electron chi connectivity index (χ4n) is 4.30. The molecule has 2 amide bonds. The van der Waals surface area contributed by atoms with Gasteiger partial charge in [0.1, 0.15) is 17.4 Å². The van der Waals surface area contributed by atoms with Gasteiger partial charge in [0.25, 0.3) is 11.8 Å². The van der Waals surface area contributed by atoms with E-state index in [1.807, 2.05) is 43.2 Å². The van der Waals surface area contributed by atoms with Gasteiger partial charge in [-0.1, -0.05) is 28.5 Å². The fraction of sp³-hybridized carbons (Fsp3) is 0.480. The topological polar surface area (TPSA) is 118 Å². The molecule has 1 fully saturated rings. The monoisotopic (exact) mass is 512 g/mol. The van der Waals surface area contributed by atoms with Crippen molar-refractivity contribution in [1.82, 2.24) is 30.4 Å². The minimum absolute atomic E-state index is 0.0320. The maximum Gasteiger partial charge on any atom is 0.263 e. The molecule has 1 aliphatic rings. The molecule has 1 atom stereocenters. The van der Waals surface area contributed by atoms with Gasteiger partial charge in [-0.05, 0) is 50.8 Å². The van der Waals surface area contributed by atoms with Crippen LogP contribution in [0.4, 0.5) is 0 Å². The highest BCUT2D eigenvalue weighted by Gasteiger charge is 2.28. The van der Waals surface area contributed by atoms with E-state index < -0.39 is 6.04 Å². The molecule has 4 rings (SSSR count). The molecule has 2 aromatic heterocycles. The van der Waals surface area contributed by atoms with Crippen molar-refractivity contribution < 1.29 is 18.6 Å². The lowest BCUT2D eigenvalue weighted by molar-refractivity contribution is -0.133. The van der Waals surface area contributed by atoms with Gasteiger partial charge in [0.05, 0.1) is 12.2 Å². The first-order valence-corrected chi connectivity index (χ1v) is 13.5. The molecular formula is C25H32N6O4S. The highest BCUT2D eigenvalue weighted by Crippen LogP contribution is 2.25. The van der Waals surface area contributed by atoms with Crippen molar-refractivity contribution in [3.05, 3.63) is 53.2 Å². The first kappa shape index (κ1) is 25.9. The number of benzene rings is 1. The van der Waals surface area contributed by atoms with Crippen molar-refractivity contribution in [2.45, 2.75) is 39.3 Å². The number of hydrogen-bond acceptors (Lipinski definition) is 9. The summed E-state index contributed by atoms with van der Waals surface area (Å²) in [6.45, 7) is 6.88. The van der Waals surface area contributed by atoms with Crippen LogP contribution >= 0.6 is 11.8 Å². The second kappa shape index (κ2) is 12.2. The molecule has 3 aromatic rings. The van der Waals surface area contributed by atoms with Crippen molar-refractivity contribution in [1.29, 1.82) is 0 Å². The molecule has 0 bridgehead atoms. The fourth-order valence-corrected chi connectivity index (χ4v) is 4.77. The summed E-state index contributed by atoms with van der Waals surface area (Å²) in [5, 5.41) is 11.0. The summed E-state index contributed by atoms with van der Waals surface area (Å²) in [5.41, 5.74) is 2.00. The standard InChI is InChI=1S/C25H32N6O4S/c1-17-22(18(2)34-28-17)24-27-21(29-35-24)16-30-11-7-12-31(14-13-30)25(33)20(10-15-36-3)26-23(32)19-8-5-4-6-9-19/h4-6,8-9,20H,7,10-16H2,1-3H3,(H,26,32). The lowest BCUT2D eigenvalue weighted by Crippen LogP contribution is -2.49. The zero-order valence-electron chi connectivity index (χ0n) is 20.9. The van der Waals surface area contributed by atoms with E-state index in [2.05, 4.69) is 25.5 Å². The maximum absolute atomic E-state index is 13.4. The molecule has 36 heavy (non-hydrogen) atoms. The van der Waals surface area contributed by atoms with Crippen LogP contribution in [0.15, 0.2) is 39.4 Å². The lowest BCUT2D eigenvalue weighted by atomic mass is 10.1. The second-order valence-corrected chi connectivity index (χ2v) is 9.83. The van der Waals surface area contributed by atoms with E-state index in [9.17, 15) is 9.59 Å². The number of carbonyl (C=O) groups excluding carboxylic acids is 2. The quantitative estimate of drug-likeness (QED) is 0.462. The Morgan fingerprint density at radius 3 is 2.61 bits per heavy atom. The smallest absolute Gasteiger partial charge is 0.263 e. The summed E-state index contributed by atoms with van der Waals surface area (Å²) < 4.78 is 10.7. The Balaban J connectivity index is 1.36. The van der Waals surface area contributed by atoms with Crippen molar-refractivity contribution in [2.75, 3.05) is 38.2 Å². The highest BCUT2D eigenvalue weighted by atomic mass is 32.2. The molecule has 3 heterocycles. The minimum atomic E-state index is -0.550. The number of hydrogen-bond donors (Lipinski definition) is 1. The Bertz CT molecular complexity index is 1150. The van der Waals surface area contributed by atoms with Crippen LogP contribution in [0.1, 0.15) is 40.5 Å². The van der Waals surface area contributed by atoms with Crippen molar-refractivity contribution in [3.8, 4) is 11.5 Å². The van der Waals surface area contributed by atoms with E-state index >= 15 is 0 Å². The van der Waals surface area contributed by atoms with Crippen molar-refractivity contribution >= 4 is 23.6 Å². The molecule has 1 unspecified atom stereocenters. The van der Waals surface area contributed by atoms with Gasteiger partial charge in [0.2, 0.25) is 5.91 Å². The predicted molar refractivity (Wildman–Crippen MR) is 136 cm³/mol. The summed E-state index contributed by atoms with van der Waals surface area (Å²) in [6.07, 6.45) is 3.41. The molecule has 0 spiro atoms. The number of carbonyl (C=O) groups is 2. The predicted octanol–water partition coefficient (Wildman–Crippen LogP) is 2.93. The lowest BCUT2D eigenvalue weighted by Gasteiger charge is -2.27. The summed E-state index contributed by atoms with van der Waals surface area (Å²) in [5.74, 6) is 2.16. The Kier molecular flexibility index (Phi) is 8.76. The normalized spacial score (nSPS) is 15.5. The van der Waals surface area contributed by atoms with Gasteiger partial charge in [-0.2, -0.15) is 16.7 Å². The van der Waals surface area contributed by atoms with E-state index in [0.29, 0.717) is 61.3 Å². The summed E-state index contributed by atoms with van der Waals surface area (Å²) in [6, 6.07) is 8.46. The first-order chi connectivity index (χ1) is 17.5. The molecule has 0 radical (unpaired) electrons. The van der Waals surface area contributed by atoms with E-state index in [-0.39, 0.29) is 11.8 Å². The van der Waals surface area contributed by atoms with Gasteiger partial charge in [-0.3, -0.25) is 14.5 Å². The van der Waals surface area contributed by atoms with E-state index in [4.69, 9.17) is 9.05 Å². The molecule has 0 aliphatic carbocycles. The molecular weight excluding hydrogens is 480 g/mol. The molecule has 0 saturated carbocycles. The average Bonchev–Trinajstić information content (AvgIpc) is 3.39. The number of aryl methyl sites for hydroxylation is 2. The third-order valence-corrected chi connectivity index (χ3v) is 6.87. The minimum Gasteiger partial charge on any atom is -0.361 e. The van der Waals surface area contributed by atoms with E-state index in [0.717, 1.165) is 24.3 Å². The number of rotatable bonds is 9. The number of thioether (sulfide) groups is 1. The molecule has 1 aliphatic heterocycles. The number of amides is 2. The molecule has 192 valence electrons. The number of aromatic nitrogens is 3. The van der Waals surface area contributed by atoms with Gasteiger partial charge in [0.15, 0.2) is 5.82 Å². The van der Waals surface area contributed by atoms with Crippen molar-refractivity contribution in [2.24, 2.45) is 0 Å². The molecule has 10 nitrogen and oxygen atoms in total. The molecule has 1 saturated heterocycles. The molecule has 1 aromatic carbocycles. The Morgan fingerprint density at radius 2 is 1.89 bits per heavy atom. The van der Waals surface area contributed by atoms with Crippen LogP contribution in [0.5, 0.6) is 0 Å². The van der Waals surface area contributed by atoms with Crippen LogP contribution in [-0.2, 0) is 11.3 Å². The van der Waals surface area contributed by atoms with Crippen molar-refractivity contribution in [3.63, 3.8) is 0 Å². The van der Waals surface area contributed by atoms with Crippen LogP contribution in [0, 0.1) is 13.8 Å². The largest absolute Gasteiger partial charge is 0.361 e. The van der Waals surface area contributed by atoms with Crippen LogP contribution < -0.4 is 5.32 Å².